The Morgan fingerprint density at radius 2 is 2.20 bits per heavy atom. The van der Waals surface area contributed by atoms with Crippen molar-refractivity contribution in [3.05, 3.63) is 47.0 Å². The van der Waals surface area contributed by atoms with Crippen LogP contribution in [0.4, 0.5) is 0 Å². The molecular weight excluding hydrogens is 491 g/mol. The summed E-state index contributed by atoms with van der Waals surface area (Å²) < 4.78 is 7.17. The largest absolute Gasteiger partial charge is 0.377 e. The predicted molar refractivity (Wildman–Crippen MR) is 127 cm³/mol. The number of aliphatic imine (C=N–C) groups is 1. The van der Waals surface area contributed by atoms with Crippen molar-refractivity contribution < 1.29 is 4.74 Å². The molecule has 2 heterocycles. The Morgan fingerprint density at radius 3 is 3.03 bits per heavy atom. The van der Waals surface area contributed by atoms with Gasteiger partial charge >= 0.3 is 0 Å². The van der Waals surface area contributed by atoms with Gasteiger partial charge in [-0.3, -0.25) is 4.99 Å². The summed E-state index contributed by atoms with van der Waals surface area (Å²) in [5.41, 5.74) is 3.11. The summed E-state index contributed by atoms with van der Waals surface area (Å²) in [7, 11) is 1.68. The van der Waals surface area contributed by atoms with Crippen LogP contribution in [0.15, 0.2) is 29.3 Å². The number of hydrogen-bond donors (Lipinski definition) is 2. The van der Waals surface area contributed by atoms with Crippen LogP contribution < -0.4 is 10.6 Å². The summed E-state index contributed by atoms with van der Waals surface area (Å²) >= 11 is 0. The summed E-state index contributed by atoms with van der Waals surface area (Å²) in [6, 6.07) is 9.24. The van der Waals surface area contributed by atoms with E-state index in [0.29, 0.717) is 18.6 Å². The number of aryl methyl sites for hydroxylation is 1. The summed E-state index contributed by atoms with van der Waals surface area (Å²) in [5, 5.41) is 11.6. The normalized spacial score (nSPS) is 26.3. The number of guanidine groups is 1. The highest BCUT2D eigenvalue weighted by atomic mass is 127. The van der Waals surface area contributed by atoms with Gasteiger partial charge in [0.15, 0.2) is 11.8 Å². The molecule has 0 spiro atoms. The minimum atomic E-state index is 0. The third-order valence-corrected chi connectivity index (χ3v) is 6.52. The first-order chi connectivity index (χ1) is 14.3. The average Bonchev–Trinajstić information content (AvgIpc) is 3.06. The van der Waals surface area contributed by atoms with Gasteiger partial charge in [0.05, 0.1) is 6.54 Å². The number of halogens is 1. The van der Waals surface area contributed by atoms with E-state index in [1.54, 1.807) is 18.2 Å². The zero-order valence-electron chi connectivity index (χ0n) is 17.7. The Morgan fingerprint density at radius 1 is 1.33 bits per heavy atom. The third-order valence-electron chi connectivity index (χ3n) is 6.52. The number of nitrogens with zero attached hydrogens (tertiary/aromatic N) is 4. The van der Waals surface area contributed by atoms with Gasteiger partial charge in [0.25, 0.3) is 0 Å². The smallest absolute Gasteiger partial charge is 0.191 e. The molecule has 1 saturated carbocycles. The Balaban J connectivity index is 0.00000218. The summed E-state index contributed by atoms with van der Waals surface area (Å²) in [5.74, 6) is 4.97. The van der Waals surface area contributed by atoms with E-state index in [9.17, 15) is 0 Å². The van der Waals surface area contributed by atoms with Crippen molar-refractivity contribution >= 4 is 29.9 Å². The van der Waals surface area contributed by atoms with E-state index in [0.717, 1.165) is 61.9 Å². The van der Waals surface area contributed by atoms with Crippen molar-refractivity contribution in [1.29, 1.82) is 0 Å². The van der Waals surface area contributed by atoms with Gasteiger partial charge in [-0.2, -0.15) is 5.10 Å². The molecule has 0 saturated heterocycles. The predicted octanol–water partition coefficient (Wildman–Crippen LogP) is 2.50. The van der Waals surface area contributed by atoms with Crippen molar-refractivity contribution in [2.45, 2.75) is 51.3 Å². The molecule has 0 radical (unpaired) electrons. The fraction of sp³-hybridized carbons (Fsp3) is 0.591. The first kappa shape index (κ1) is 21.5. The van der Waals surface area contributed by atoms with E-state index >= 15 is 0 Å². The van der Waals surface area contributed by atoms with Gasteiger partial charge in [-0.25, -0.2) is 9.67 Å². The highest BCUT2D eigenvalue weighted by molar-refractivity contribution is 14.0. The molecule has 4 unspecified atom stereocenters. The molecule has 30 heavy (non-hydrogen) atoms. The molecule has 1 fully saturated rings. The summed E-state index contributed by atoms with van der Waals surface area (Å²) in [6.45, 7) is 5.17. The van der Waals surface area contributed by atoms with E-state index in [2.05, 4.69) is 51.9 Å². The van der Waals surface area contributed by atoms with Crippen molar-refractivity contribution in [2.24, 2.45) is 16.8 Å². The summed E-state index contributed by atoms with van der Waals surface area (Å²) in [6.07, 6.45) is 3.20. The molecule has 0 bridgehead atoms. The average molecular weight is 522 g/mol. The number of ether oxygens (including phenoxy) is 1. The molecule has 8 heteroatoms. The van der Waals surface area contributed by atoms with Crippen LogP contribution in [0.25, 0.3) is 0 Å². The van der Waals surface area contributed by atoms with Crippen LogP contribution in [0.3, 0.4) is 0 Å². The molecule has 5 rings (SSSR count). The van der Waals surface area contributed by atoms with Gasteiger partial charge in [-0.1, -0.05) is 24.3 Å². The van der Waals surface area contributed by atoms with Crippen LogP contribution in [-0.2, 0) is 30.7 Å². The number of benzene rings is 1. The molecule has 1 aromatic heterocycles. The second kappa shape index (κ2) is 9.21. The number of hydrogen-bond acceptors (Lipinski definition) is 4. The first-order valence-electron chi connectivity index (χ1n) is 10.8. The van der Waals surface area contributed by atoms with Crippen molar-refractivity contribution in [1.82, 2.24) is 25.4 Å². The molecule has 162 valence electrons. The molecule has 4 atom stereocenters. The Bertz CT molecular complexity index is 913. The highest BCUT2D eigenvalue weighted by Gasteiger charge is 2.54. The minimum absolute atomic E-state index is 0. The molecule has 7 nitrogen and oxygen atoms in total. The molecular formula is C22H31IN6O. The lowest BCUT2D eigenvalue weighted by molar-refractivity contribution is 0.177. The lowest BCUT2D eigenvalue weighted by atomic mass is 10.0. The molecule has 2 aromatic rings. The molecule has 1 aliphatic heterocycles. The van der Waals surface area contributed by atoms with Gasteiger partial charge < -0.3 is 15.4 Å². The SMILES string of the molecule is CCNC(=NCC1C2Cc3ccccc3C12)NC1CCc2nc(COC)nn2C1.I. The maximum absolute atomic E-state index is 5.16. The van der Waals surface area contributed by atoms with Crippen molar-refractivity contribution in [3.63, 3.8) is 0 Å². The maximum atomic E-state index is 5.16. The third kappa shape index (κ3) is 4.21. The van der Waals surface area contributed by atoms with E-state index in [1.807, 2.05) is 4.68 Å². The summed E-state index contributed by atoms with van der Waals surface area (Å²) in [4.78, 5) is 9.51. The Kier molecular flexibility index (Phi) is 6.62. The zero-order chi connectivity index (χ0) is 19.8. The maximum Gasteiger partial charge on any atom is 0.191 e. The standard InChI is InChI=1S/C22H30N6O.HI/c1-3-23-22(24-11-18-17-10-14-6-4-5-7-16(14)21(17)18)25-15-8-9-20-26-19(13-29-2)27-28(20)12-15;/h4-7,15,17-18,21H,3,8-13H2,1-2H3,(H2,23,24,25);1H. The van der Waals surface area contributed by atoms with Gasteiger partial charge in [0.1, 0.15) is 12.4 Å². The van der Waals surface area contributed by atoms with E-state index in [-0.39, 0.29) is 24.0 Å². The van der Waals surface area contributed by atoms with E-state index in [1.165, 1.54) is 6.42 Å². The van der Waals surface area contributed by atoms with E-state index < -0.39 is 0 Å². The van der Waals surface area contributed by atoms with Crippen LogP contribution in [0.2, 0.25) is 0 Å². The number of aromatic nitrogens is 3. The van der Waals surface area contributed by atoms with Crippen molar-refractivity contribution in [3.8, 4) is 0 Å². The van der Waals surface area contributed by atoms with Gasteiger partial charge in [0.2, 0.25) is 0 Å². The molecule has 1 aromatic carbocycles. The number of methoxy groups -OCH3 is 1. The molecule has 0 amide bonds. The van der Waals surface area contributed by atoms with Crippen LogP contribution in [-0.4, -0.2) is 47.0 Å². The quantitative estimate of drug-likeness (QED) is 0.347. The minimum Gasteiger partial charge on any atom is -0.377 e. The van der Waals surface area contributed by atoms with Crippen LogP contribution in [0, 0.1) is 11.8 Å². The van der Waals surface area contributed by atoms with Gasteiger partial charge in [-0.05, 0) is 48.6 Å². The van der Waals surface area contributed by atoms with Crippen LogP contribution in [0.1, 0.15) is 42.0 Å². The van der Waals surface area contributed by atoms with E-state index in [4.69, 9.17) is 9.73 Å². The molecule has 3 aliphatic rings. The number of fused-ring (bicyclic) bond motifs is 4. The highest BCUT2D eigenvalue weighted by Crippen LogP contribution is 2.61. The first-order valence-corrected chi connectivity index (χ1v) is 10.8. The monoisotopic (exact) mass is 522 g/mol. The topological polar surface area (TPSA) is 76.4 Å². The second-order valence-electron chi connectivity index (χ2n) is 8.42. The van der Waals surface area contributed by atoms with Gasteiger partial charge in [0, 0.05) is 32.7 Å². The lowest BCUT2D eigenvalue weighted by Crippen LogP contribution is -2.47. The Labute approximate surface area is 195 Å². The Hall–Kier alpha value is -1.68. The number of rotatable bonds is 6. The van der Waals surface area contributed by atoms with Gasteiger partial charge in [-0.15, -0.1) is 24.0 Å². The second-order valence-corrected chi connectivity index (χ2v) is 8.42. The molecule has 2 aliphatic carbocycles. The van der Waals surface area contributed by atoms with Crippen LogP contribution >= 0.6 is 24.0 Å². The lowest BCUT2D eigenvalue weighted by Gasteiger charge is -2.25. The fourth-order valence-electron chi connectivity index (χ4n) is 5.11. The fourth-order valence-corrected chi connectivity index (χ4v) is 5.11. The molecule has 2 N–H and O–H groups in total. The zero-order valence-corrected chi connectivity index (χ0v) is 20.0. The number of nitrogens with one attached hydrogen (secondary N) is 2. The van der Waals surface area contributed by atoms with Crippen molar-refractivity contribution in [2.75, 3.05) is 20.2 Å². The van der Waals surface area contributed by atoms with Crippen LogP contribution in [0.5, 0.6) is 0 Å².